The van der Waals surface area contributed by atoms with E-state index in [2.05, 4.69) is 26.2 Å². The van der Waals surface area contributed by atoms with Gasteiger partial charge in [0, 0.05) is 35.8 Å². The van der Waals surface area contributed by atoms with E-state index in [1.165, 1.54) is 37.6 Å². The van der Waals surface area contributed by atoms with Crippen LogP contribution in [0.3, 0.4) is 0 Å². The number of amides is 1. The van der Waals surface area contributed by atoms with Crippen molar-refractivity contribution in [3.8, 4) is 0 Å². The molecule has 1 N–H and O–H groups in total. The zero-order chi connectivity index (χ0) is 19.1. The predicted molar refractivity (Wildman–Crippen MR) is 108 cm³/mol. The van der Waals surface area contributed by atoms with Crippen LogP contribution in [0.2, 0.25) is 5.02 Å². The second kappa shape index (κ2) is 7.24. The number of thiophene rings is 1. The number of nitrogens with one attached hydrogen (secondary N) is 1. The van der Waals surface area contributed by atoms with Gasteiger partial charge in [-0.1, -0.05) is 11.6 Å². The third-order valence-electron chi connectivity index (χ3n) is 3.51. The summed E-state index contributed by atoms with van der Waals surface area (Å²) in [5.41, 5.74) is 0.339. The van der Waals surface area contributed by atoms with Crippen molar-refractivity contribution in [1.82, 2.24) is 9.29 Å². The van der Waals surface area contributed by atoms with Gasteiger partial charge in [0.15, 0.2) is 0 Å². The first-order valence-corrected chi connectivity index (χ1v) is 10.7. The average molecular weight is 475 g/mol. The van der Waals surface area contributed by atoms with Crippen molar-refractivity contribution in [2.75, 3.05) is 19.4 Å². The monoisotopic (exact) mass is 473 g/mol. The van der Waals surface area contributed by atoms with Gasteiger partial charge in [-0.05, 0) is 46.3 Å². The van der Waals surface area contributed by atoms with Crippen molar-refractivity contribution in [1.29, 1.82) is 0 Å². The highest BCUT2D eigenvalue weighted by molar-refractivity contribution is 9.10. The maximum atomic E-state index is 12.5. The zero-order valence-electron chi connectivity index (χ0n) is 13.7. The summed E-state index contributed by atoms with van der Waals surface area (Å²) in [7, 11) is -0.886. The molecule has 0 unspecified atom stereocenters. The van der Waals surface area contributed by atoms with E-state index in [-0.39, 0.29) is 15.8 Å². The first-order chi connectivity index (χ1) is 12.2. The number of aromatic nitrogens is 1. The van der Waals surface area contributed by atoms with Crippen LogP contribution in [0.15, 0.2) is 45.9 Å². The fourth-order valence-electron chi connectivity index (χ4n) is 2.19. The molecule has 3 aromatic rings. The van der Waals surface area contributed by atoms with Crippen LogP contribution >= 0.6 is 38.9 Å². The Morgan fingerprint density at radius 3 is 2.69 bits per heavy atom. The molecule has 0 aliphatic heterocycles. The molecular formula is C16H13BrClN3O3S2. The van der Waals surface area contributed by atoms with E-state index in [9.17, 15) is 13.2 Å². The molecule has 2 aromatic heterocycles. The van der Waals surface area contributed by atoms with Crippen LogP contribution in [0.1, 0.15) is 9.67 Å². The molecule has 1 amide bonds. The van der Waals surface area contributed by atoms with Crippen LogP contribution < -0.4 is 5.32 Å². The van der Waals surface area contributed by atoms with E-state index in [1.54, 1.807) is 18.3 Å². The van der Waals surface area contributed by atoms with Crippen molar-refractivity contribution in [3.63, 3.8) is 0 Å². The van der Waals surface area contributed by atoms with E-state index in [0.717, 1.165) is 19.0 Å². The van der Waals surface area contributed by atoms with Crippen LogP contribution in [-0.2, 0) is 10.0 Å². The van der Waals surface area contributed by atoms with Crippen LogP contribution in [0.4, 0.5) is 5.69 Å². The van der Waals surface area contributed by atoms with Gasteiger partial charge >= 0.3 is 0 Å². The predicted octanol–water partition coefficient (Wildman–Crippen LogP) is 4.21. The second-order valence-corrected chi connectivity index (χ2v) is 10.0. The first-order valence-electron chi connectivity index (χ1n) is 7.27. The number of hydrogen-bond donors (Lipinski definition) is 1. The summed E-state index contributed by atoms with van der Waals surface area (Å²) in [6.07, 6.45) is 1.66. The number of anilines is 1. The van der Waals surface area contributed by atoms with Crippen LogP contribution in [0.5, 0.6) is 0 Å². The molecule has 136 valence electrons. The van der Waals surface area contributed by atoms with Crippen LogP contribution in [0.25, 0.3) is 10.2 Å². The quantitative estimate of drug-likeness (QED) is 0.614. The summed E-state index contributed by atoms with van der Waals surface area (Å²) in [5, 5.41) is 3.64. The minimum atomic E-state index is -3.72. The molecular weight excluding hydrogens is 462 g/mol. The number of hydrogen-bond acceptors (Lipinski definition) is 5. The Hall–Kier alpha value is -1.52. The van der Waals surface area contributed by atoms with Gasteiger partial charge in [0.05, 0.1) is 9.90 Å². The van der Waals surface area contributed by atoms with Crippen molar-refractivity contribution in [3.05, 3.63) is 50.9 Å². The number of benzene rings is 1. The van der Waals surface area contributed by atoms with Crippen LogP contribution in [-0.4, -0.2) is 37.7 Å². The Balaban J connectivity index is 1.91. The van der Waals surface area contributed by atoms with Crippen molar-refractivity contribution in [2.45, 2.75) is 4.90 Å². The highest BCUT2D eigenvalue weighted by atomic mass is 79.9. The molecule has 2 heterocycles. The van der Waals surface area contributed by atoms with E-state index >= 15 is 0 Å². The van der Waals surface area contributed by atoms with Crippen molar-refractivity contribution < 1.29 is 13.2 Å². The lowest BCUT2D eigenvalue weighted by atomic mass is 10.3. The smallest absolute Gasteiger partial charge is 0.265 e. The van der Waals surface area contributed by atoms with Gasteiger partial charge in [0.25, 0.3) is 5.91 Å². The lowest BCUT2D eigenvalue weighted by Crippen LogP contribution is -2.22. The van der Waals surface area contributed by atoms with Gasteiger partial charge in [-0.2, -0.15) is 0 Å². The first kappa shape index (κ1) is 19.2. The third kappa shape index (κ3) is 3.77. The van der Waals surface area contributed by atoms with E-state index in [1.807, 2.05) is 6.07 Å². The highest BCUT2D eigenvalue weighted by Gasteiger charge is 2.22. The Morgan fingerprint density at radius 2 is 2.00 bits per heavy atom. The molecule has 1 aromatic carbocycles. The van der Waals surface area contributed by atoms with Gasteiger partial charge in [0.2, 0.25) is 10.0 Å². The molecule has 26 heavy (non-hydrogen) atoms. The lowest BCUT2D eigenvalue weighted by Gasteiger charge is -2.14. The summed E-state index contributed by atoms with van der Waals surface area (Å²) >= 11 is 10.6. The van der Waals surface area contributed by atoms with Crippen molar-refractivity contribution >= 4 is 70.7 Å². The molecule has 0 spiro atoms. The standard InChI is InChI=1S/C16H13BrClN3O3S2/c1-21(2)26(23,24)14-7-11(3-4-12(14)18)20-15(22)13-6-9-5-10(17)8-19-16(9)25-13/h3-8H,1-2H3,(H,20,22). The number of rotatable bonds is 4. The normalized spacial score (nSPS) is 11.9. The van der Waals surface area contributed by atoms with Gasteiger partial charge in [0.1, 0.15) is 9.73 Å². The number of nitrogens with zero attached hydrogens (tertiary/aromatic N) is 2. The molecule has 3 rings (SSSR count). The molecule has 0 saturated carbocycles. The van der Waals surface area contributed by atoms with Gasteiger partial charge in [-0.3, -0.25) is 4.79 Å². The summed E-state index contributed by atoms with van der Waals surface area (Å²) in [6.45, 7) is 0. The second-order valence-electron chi connectivity index (χ2n) is 5.55. The molecule has 10 heteroatoms. The van der Waals surface area contributed by atoms with Gasteiger partial charge in [-0.15, -0.1) is 11.3 Å². The Morgan fingerprint density at radius 1 is 1.27 bits per heavy atom. The highest BCUT2D eigenvalue weighted by Crippen LogP contribution is 2.29. The maximum Gasteiger partial charge on any atom is 0.265 e. The SMILES string of the molecule is CN(C)S(=O)(=O)c1cc(NC(=O)c2cc3cc(Br)cnc3s2)ccc1Cl. The lowest BCUT2D eigenvalue weighted by molar-refractivity contribution is 0.103. The number of fused-ring (bicyclic) bond motifs is 1. The largest absolute Gasteiger partial charge is 0.321 e. The van der Waals surface area contributed by atoms with E-state index in [4.69, 9.17) is 11.6 Å². The topological polar surface area (TPSA) is 79.4 Å². The number of sulfonamides is 1. The van der Waals surface area contributed by atoms with E-state index < -0.39 is 10.0 Å². The average Bonchev–Trinajstić information content (AvgIpc) is 2.99. The molecule has 0 bridgehead atoms. The maximum absolute atomic E-state index is 12.5. The minimum absolute atomic E-state index is 0.0658. The molecule has 0 radical (unpaired) electrons. The molecule has 0 atom stereocenters. The Bertz CT molecular complexity index is 1110. The summed E-state index contributed by atoms with van der Waals surface area (Å²) < 4.78 is 26.5. The van der Waals surface area contributed by atoms with Gasteiger partial charge < -0.3 is 5.32 Å². The van der Waals surface area contributed by atoms with Gasteiger partial charge in [-0.25, -0.2) is 17.7 Å². The molecule has 0 saturated heterocycles. The van der Waals surface area contributed by atoms with Crippen molar-refractivity contribution in [2.24, 2.45) is 0 Å². The number of halogens is 2. The Labute approximate surface area is 168 Å². The Kier molecular flexibility index (Phi) is 5.36. The molecule has 6 nitrogen and oxygen atoms in total. The zero-order valence-corrected chi connectivity index (χ0v) is 17.6. The number of carbonyl (C=O) groups excluding carboxylic acids is 1. The summed E-state index contributed by atoms with van der Waals surface area (Å²) in [6, 6.07) is 7.95. The fourth-order valence-corrected chi connectivity index (χ4v) is 4.81. The summed E-state index contributed by atoms with van der Waals surface area (Å²) in [5.74, 6) is -0.348. The summed E-state index contributed by atoms with van der Waals surface area (Å²) in [4.78, 5) is 17.9. The molecule has 0 fully saturated rings. The fraction of sp³-hybridized carbons (Fsp3) is 0.125. The number of carbonyl (C=O) groups is 1. The number of pyridine rings is 1. The van der Waals surface area contributed by atoms with E-state index in [0.29, 0.717) is 10.6 Å². The molecule has 0 aliphatic rings. The van der Waals surface area contributed by atoms with Crippen LogP contribution in [0, 0.1) is 0 Å². The molecule has 0 aliphatic carbocycles. The third-order valence-corrected chi connectivity index (χ3v) is 7.30. The minimum Gasteiger partial charge on any atom is -0.321 e.